The number of alkyl halides is 6. The van der Waals surface area contributed by atoms with Crippen molar-refractivity contribution in [3.05, 3.63) is 119 Å². The van der Waals surface area contributed by atoms with Gasteiger partial charge in [-0.1, -0.05) is 12.1 Å². The van der Waals surface area contributed by atoms with E-state index in [1.807, 2.05) is 0 Å². The zero-order chi connectivity index (χ0) is 29.4. The molecule has 3 aromatic carbocycles. The summed E-state index contributed by atoms with van der Waals surface area (Å²) in [5.74, 6) is -1.41. The molecule has 0 saturated carbocycles. The molecule has 0 aromatic heterocycles. The van der Waals surface area contributed by atoms with Gasteiger partial charge in [-0.15, -0.1) is 4.59 Å². The average Bonchev–Trinajstić information content (AvgIpc) is 3.31. The van der Waals surface area contributed by atoms with Crippen molar-refractivity contribution in [3.8, 4) is 0 Å². The van der Waals surface area contributed by atoms with Gasteiger partial charge in [0.25, 0.3) is 17.6 Å². The summed E-state index contributed by atoms with van der Waals surface area (Å²) >= 11 is 0. The smallest absolute Gasteiger partial charge is 0.322 e. The van der Waals surface area contributed by atoms with E-state index in [0.717, 1.165) is 36.4 Å². The van der Waals surface area contributed by atoms with Crippen molar-refractivity contribution in [2.45, 2.75) is 12.4 Å². The SMILES string of the molecule is O=C(Nc1ccc(C2=CN=C3C=NC=C[N+]23NC(=O)c2ccccc2C(F)(F)F)cc1)c1ccc(C(F)(F)F)cc1. The Morgan fingerprint density at radius 1 is 0.780 bits per heavy atom. The summed E-state index contributed by atoms with van der Waals surface area (Å²) in [6.45, 7) is 0. The highest BCUT2D eigenvalue weighted by Gasteiger charge is 2.46. The molecule has 1 unspecified atom stereocenters. The molecule has 1 atom stereocenters. The first-order valence-corrected chi connectivity index (χ1v) is 11.9. The molecular formula is C28H18F6N5O2+. The van der Waals surface area contributed by atoms with Gasteiger partial charge in [0, 0.05) is 16.8 Å². The van der Waals surface area contributed by atoms with Gasteiger partial charge in [0.15, 0.2) is 11.9 Å². The van der Waals surface area contributed by atoms with Crippen LogP contribution < -0.4 is 10.7 Å². The summed E-state index contributed by atoms with van der Waals surface area (Å²) in [5.41, 5.74) is 1.29. The van der Waals surface area contributed by atoms with Gasteiger partial charge in [0.1, 0.15) is 6.21 Å². The van der Waals surface area contributed by atoms with E-state index in [4.69, 9.17) is 0 Å². The number of halogens is 6. The van der Waals surface area contributed by atoms with Crippen LogP contribution in [0.1, 0.15) is 37.4 Å². The van der Waals surface area contributed by atoms with E-state index in [0.29, 0.717) is 16.9 Å². The number of rotatable bonds is 5. The van der Waals surface area contributed by atoms with E-state index in [1.165, 1.54) is 49.1 Å². The van der Waals surface area contributed by atoms with Crippen molar-refractivity contribution in [1.29, 1.82) is 0 Å². The Kier molecular flexibility index (Phi) is 6.83. The Bertz CT molecular complexity index is 1640. The highest BCUT2D eigenvalue weighted by Crippen LogP contribution is 2.36. The Morgan fingerprint density at radius 3 is 2.12 bits per heavy atom. The third-order valence-electron chi connectivity index (χ3n) is 6.29. The molecule has 2 aliphatic heterocycles. The Balaban J connectivity index is 1.38. The van der Waals surface area contributed by atoms with Crippen molar-refractivity contribution < 1.29 is 40.5 Å². The van der Waals surface area contributed by atoms with Crippen LogP contribution in [-0.4, -0.2) is 28.5 Å². The van der Waals surface area contributed by atoms with Crippen molar-refractivity contribution in [2.24, 2.45) is 9.98 Å². The van der Waals surface area contributed by atoms with Crippen LogP contribution in [0.5, 0.6) is 0 Å². The molecule has 208 valence electrons. The number of fused-ring (bicyclic) bond motifs is 1. The van der Waals surface area contributed by atoms with Gasteiger partial charge in [0.05, 0.1) is 29.1 Å². The van der Waals surface area contributed by atoms with Gasteiger partial charge in [-0.25, -0.2) is 0 Å². The third kappa shape index (κ3) is 5.39. The van der Waals surface area contributed by atoms with Crippen molar-refractivity contribution in [2.75, 3.05) is 5.32 Å². The minimum absolute atomic E-state index is 0.0164. The van der Waals surface area contributed by atoms with Gasteiger partial charge < -0.3 is 5.32 Å². The third-order valence-corrected chi connectivity index (χ3v) is 6.29. The maximum atomic E-state index is 13.6. The zero-order valence-electron chi connectivity index (χ0n) is 20.7. The second-order valence-electron chi connectivity index (χ2n) is 8.89. The fourth-order valence-electron chi connectivity index (χ4n) is 4.28. The van der Waals surface area contributed by atoms with Crippen LogP contribution in [0.2, 0.25) is 0 Å². The van der Waals surface area contributed by atoms with E-state index in [9.17, 15) is 35.9 Å². The summed E-state index contributed by atoms with van der Waals surface area (Å²) in [6.07, 6.45) is -3.67. The van der Waals surface area contributed by atoms with Crippen LogP contribution in [0.3, 0.4) is 0 Å². The molecule has 2 aliphatic rings. The number of hydrogen-bond donors (Lipinski definition) is 2. The van der Waals surface area contributed by atoms with Crippen LogP contribution in [0.4, 0.5) is 32.0 Å². The first-order valence-electron chi connectivity index (χ1n) is 11.9. The van der Waals surface area contributed by atoms with Crippen LogP contribution in [-0.2, 0) is 12.4 Å². The second kappa shape index (κ2) is 10.2. The molecule has 2 amide bonds. The lowest BCUT2D eigenvalue weighted by molar-refractivity contribution is -0.745. The summed E-state index contributed by atoms with van der Waals surface area (Å²) < 4.78 is 78.5. The maximum Gasteiger partial charge on any atom is 0.417 e. The number of quaternary nitrogens is 1. The van der Waals surface area contributed by atoms with Crippen molar-refractivity contribution in [3.63, 3.8) is 0 Å². The van der Waals surface area contributed by atoms with Crippen LogP contribution in [0, 0.1) is 0 Å². The van der Waals surface area contributed by atoms with Gasteiger partial charge in [-0.3, -0.25) is 14.6 Å². The number of nitrogens with zero attached hydrogens (tertiary/aromatic N) is 3. The van der Waals surface area contributed by atoms with Crippen molar-refractivity contribution >= 4 is 35.2 Å². The normalized spacial score (nSPS) is 17.9. The van der Waals surface area contributed by atoms with E-state index in [2.05, 4.69) is 20.7 Å². The van der Waals surface area contributed by atoms with E-state index in [-0.39, 0.29) is 11.4 Å². The first kappa shape index (κ1) is 27.5. The minimum Gasteiger partial charge on any atom is -0.322 e. The van der Waals surface area contributed by atoms with Gasteiger partial charge in [-0.05, 0) is 60.7 Å². The standard InChI is InChI=1S/C28H17F6N5O2/c29-27(30,31)19-9-5-18(6-10-19)25(40)37-20-11-7-17(8-12-20)23-15-36-24-16-35-13-14-39(23,24)38-26(41)21-3-1-2-4-22(21)28(32,33)34/h1-16H,(H-,35,37,38,40,41)/p+1. The van der Waals surface area contributed by atoms with Crippen LogP contribution in [0.25, 0.3) is 5.70 Å². The summed E-state index contributed by atoms with van der Waals surface area (Å²) in [5, 5.41) is 2.59. The average molecular weight is 570 g/mol. The lowest BCUT2D eigenvalue weighted by atomic mass is 10.1. The molecular weight excluding hydrogens is 552 g/mol. The highest BCUT2D eigenvalue weighted by molar-refractivity contribution is 6.29. The molecule has 0 saturated heterocycles. The molecule has 0 radical (unpaired) electrons. The monoisotopic (exact) mass is 570 g/mol. The molecule has 7 nitrogen and oxygen atoms in total. The molecule has 13 heteroatoms. The highest BCUT2D eigenvalue weighted by atomic mass is 19.4. The van der Waals surface area contributed by atoms with Crippen molar-refractivity contribution in [1.82, 2.24) is 5.43 Å². The maximum absolute atomic E-state index is 13.6. The fourth-order valence-corrected chi connectivity index (χ4v) is 4.28. The molecule has 2 heterocycles. The second-order valence-corrected chi connectivity index (χ2v) is 8.89. The number of carbonyl (C=O) groups is 2. The summed E-state index contributed by atoms with van der Waals surface area (Å²) in [4.78, 5) is 34.0. The minimum atomic E-state index is -4.76. The Morgan fingerprint density at radius 2 is 1.46 bits per heavy atom. The predicted octanol–water partition coefficient (Wildman–Crippen LogP) is 6.40. The molecule has 3 aromatic rings. The number of aliphatic imine (C=N–C) groups is 2. The molecule has 0 spiro atoms. The van der Waals surface area contributed by atoms with Gasteiger partial charge >= 0.3 is 12.4 Å². The molecule has 5 rings (SSSR count). The van der Waals surface area contributed by atoms with Gasteiger partial charge in [-0.2, -0.15) is 36.8 Å². The summed E-state index contributed by atoms with van der Waals surface area (Å²) in [7, 11) is 0. The summed E-state index contributed by atoms with van der Waals surface area (Å²) in [6, 6.07) is 14.4. The van der Waals surface area contributed by atoms with Crippen LogP contribution >= 0.6 is 0 Å². The van der Waals surface area contributed by atoms with E-state index < -0.39 is 45.4 Å². The molecule has 2 N–H and O–H groups in total. The lowest BCUT2D eigenvalue weighted by Gasteiger charge is -2.32. The number of amides is 2. The topological polar surface area (TPSA) is 82.9 Å². The molecule has 41 heavy (non-hydrogen) atoms. The number of benzene rings is 3. The van der Waals surface area contributed by atoms with Gasteiger partial charge in [0.2, 0.25) is 0 Å². The lowest BCUT2D eigenvalue weighted by Crippen LogP contribution is -2.58. The van der Waals surface area contributed by atoms with E-state index in [1.54, 1.807) is 12.1 Å². The first-order chi connectivity index (χ1) is 19.4. The number of amidine groups is 1. The largest absolute Gasteiger partial charge is 0.417 e. The Hall–Kier alpha value is -5.04. The quantitative estimate of drug-likeness (QED) is 0.275. The van der Waals surface area contributed by atoms with E-state index >= 15 is 0 Å². The Labute approximate surface area is 228 Å². The number of hydrogen-bond acceptors (Lipinski definition) is 4. The predicted molar refractivity (Wildman–Crippen MR) is 138 cm³/mol. The number of nitrogens with one attached hydrogen (secondary N) is 2. The molecule has 0 aliphatic carbocycles. The molecule has 0 fully saturated rings. The molecule has 0 bridgehead atoms. The number of carbonyl (C=O) groups excluding carboxylic acids is 2. The van der Waals surface area contributed by atoms with Crippen LogP contribution in [0.15, 0.2) is 101 Å². The fraction of sp³-hybridized carbons (Fsp3) is 0.0714. The zero-order valence-corrected chi connectivity index (χ0v) is 20.7. The number of anilines is 1.